The number of fused-ring (bicyclic) bond motifs is 1. The van der Waals surface area contributed by atoms with E-state index in [1.807, 2.05) is 62.4 Å². The Morgan fingerprint density at radius 1 is 0.646 bits per heavy atom. The number of phenolic OH excluding ortho intramolecular Hbond substituents is 1. The summed E-state index contributed by atoms with van der Waals surface area (Å²) < 4.78 is 59.9. The standard InChI is InChI=1S/C12H15NO3.C12H10O3.C9H8O3.C8H7ClO2.C6H7NO6S2.C6H4O3S/c1-9-5-7-10(8-6-9)13-11(14)3-2-4-12(15)16;13-11-6-5-8-3-1-2-4-9(8)10(11)7-12(14)15;1-6(10)7-4-2-3-5-8(7)9(11)12;1-5-2-3-6(8(10)11)4-7(5)9;7-5-3-4(14(8,9)10)1-2-6(5)15(11,12)13;7-5(6(8)9)4-2-1-3-10-4/h5-8H,2-4H2,1H3,(H,13,14)(H,15,16);1-6,13H,7H2,(H,14,15);2-5H,1H3,(H,11,12);2-4H,1H3,(H,10,11);1-3H,7H2,(H,8,9,10)(H,11,12,13);1-3H,(H,8,9). The van der Waals surface area contributed by atoms with Crippen molar-refractivity contribution < 1.29 is 94.9 Å². The van der Waals surface area contributed by atoms with Crippen LogP contribution in [0.15, 0.2) is 149 Å². The fourth-order valence-corrected chi connectivity index (χ4v) is 8.01. The molecule has 0 spiro atoms. The second-order valence-corrected chi connectivity index (χ2v) is 20.1. The van der Waals surface area contributed by atoms with Crippen LogP contribution in [-0.4, -0.2) is 104 Å². The molecule has 0 radical (unpaired) electrons. The smallest absolute Gasteiger partial charge is 0.378 e. The highest BCUT2D eigenvalue weighted by molar-refractivity contribution is 7.86. The van der Waals surface area contributed by atoms with Gasteiger partial charge in [-0.15, -0.1) is 11.3 Å². The van der Waals surface area contributed by atoms with Gasteiger partial charge in [0.25, 0.3) is 26.0 Å². The topological polar surface area (TPSA) is 405 Å². The van der Waals surface area contributed by atoms with E-state index >= 15 is 0 Å². The number of halogens is 1. The van der Waals surface area contributed by atoms with Crippen molar-refractivity contribution in [1.29, 1.82) is 0 Å². The van der Waals surface area contributed by atoms with Crippen LogP contribution in [0.4, 0.5) is 11.4 Å². The zero-order chi connectivity index (χ0) is 59.8. The average Bonchev–Trinajstić information content (AvgIpc) is 3.92. The van der Waals surface area contributed by atoms with Crippen molar-refractivity contribution in [2.75, 3.05) is 11.1 Å². The number of thiophene rings is 1. The van der Waals surface area contributed by atoms with Crippen LogP contribution < -0.4 is 11.1 Å². The molecule has 7 aromatic rings. The number of nitrogens with two attached hydrogens (primary N) is 1. The Morgan fingerprint density at radius 2 is 1.25 bits per heavy atom. The molecular weight excluding hydrogens is 1120 g/mol. The SMILES string of the molecule is CC(=O)c1ccccc1C(=O)O.Cc1ccc(C(=O)O)cc1Cl.Cc1ccc(NC(=O)CCCC(=O)O)cc1.Nc1cc(S(=O)(=O)O)ccc1S(=O)(=O)O.O=C(O)C(=O)c1cccs1.O=C(O)Cc1c(O)ccc2ccccc12. The molecule has 0 saturated heterocycles. The number of carboxylic acid groups (broad SMARTS) is 5. The number of aromatic hydroxyl groups is 1. The summed E-state index contributed by atoms with van der Waals surface area (Å²) in [5, 5.41) is 58.8. The van der Waals surface area contributed by atoms with Gasteiger partial charge in [-0.3, -0.25) is 33.1 Å². The first-order valence-electron chi connectivity index (χ1n) is 22.3. The molecule has 79 heavy (non-hydrogen) atoms. The lowest BCUT2D eigenvalue weighted by Gasteiger charge is -2.06. The first-order valence-corrected chi connectivity index (χ1v) is 26.5. The van der Waals surface area contributed by atoms with Crippen molar-refractivity contribution in [3.05, 3.63) is 182 Å². The Balaban J connectivity index is 0.000000326. The minimum atomic E-state index is -4.50. The minimum Gasteiger partial charge on any atom is -0.508 e. The highest BCUT2D eigenvalue weighted by Gasteiger charge is 2.18. The van der Waals surface area contributed by atoms with E-state index in [1.165, 1.54) is 43.3 Å². The number of aliphatic carboxylic acids is 3. The minimum absolute atomic E-state index is 0.0291. The zero-order valence-corrected chi connectivity index (χ0v) is 45.0. The molecule has 0 unspecified atom stereocenters. The highest BCUT2D eigenvalue weighted by Crippen LogP contribution is 2.27. The van der Waals surface area contributed by atoms with Crippen molar-refractivity contribution in [2.45, 2.75) is 56.2 Å². The van der Waals surface area contributed by atoms with Crippen LogP contribution in [-0.2, 0) is 45.8 Å². The van der Waals surface area contributed by atoms with Gasteiger partial charge in [0.2, 0.25) is 5.91 Å². The van der Waals surface area contributed by atoms with Crippen molar-refractivity contribution >= 4 is 113 Å². The highest BCUT2D eigenvalue weighted by atomic mass is 35.5. The van der Waals surface area contributed by atoms with Crippen LogP contribution in [0.3, 0.4) is 0 Å². The summed E-state index contributed by atoms with van der Waals surface area (Å²) in [6, 6.07) is 34.5. The molecule has 22 nitrogen and oxygen atoms in total. The van der Waals surface area contributed by atoms with E-state index in [1.54, 1.807) is 35.7 Å². The average molecular weight is 1170 g/mol. The number of benzene rings is 6. The summed E-state index contributed by atoms with van der Waals surface area (Å²) in [6.45, 7) is 5.15. The zero-order valence-electron chi connectivity index (χ0n) is 41.8. The van der Waals surface area contributed by atoms with Crippen LogP contribution >= 0.6 is 22.9 Å². The molecule has 0 aliphatic rings. The van der Waals surface area contributed by atoms with E-state index in [0.717, 1.165) is 57.1 Å². The Hall–Kier alpha value is -8.85. The number of phenols is 1. The van der Waals surface area contributed by atoms with Gasteiger partial charge < -0.3 is 41.7 Å². The van der Waals surface area contributed by atoms with Gasteiger partial charge in [-0.05, 0) is 110 Å². The van der Waals surface area contributed by atoms with Gasteiger partial charge in [-0.25, -0.2) is 14.4 Å². The lowest BCUT2D eigenvalue weighted by molar-refractivity contribution is -0.137. The lowest BCUT2D eigenvalue weighted by Crippen LogP contribution is -2.11. The molecular formula is C53H51ClN2O20S3. The number of carboxylic acids is 5. The molecule has 6 aromatic carbocycles. The van der Waals surface area contributed by atoms with E-state index in [9.17, 15) is 60.3 Å². The van der Waals surface area contributed by atoms with Crippen molar-refractivity contribution in [3.63, 3.8) is 0 Å². The number of anilines is 2. The number of carbonyl (C=O) groups is 8. The number of aryl methyl sites for hydroxylation is 2. The van der Waals surface area contributed by atoms with Gasteiger partial charge in [0.1, 0.15) is 10.6 Å². The molecule has 26 heteroatoms. The maximum atomic E-state index is 11.4. The van der Waals surface area contributed by atoms with Crippen molar-refractivity contribution in [3.8, 4) is 5.75 Å². The quantitative estimate of drug-likeness (QED) is 0.0210. The number of ketones is 2. The Labute approximate surface area is 460 Å². The second kappa shape index (κ2) is 31.4. The predicted molar refractivity (Wildman–Crippen MR) is 292 cm³/mol. The summed E-state index contributed by atoms with van der Waals surface area (Å²) in [6.07, 6.45) is 0.474. The third-order valence-corrected chi connectivity index (χ3v) is 13.0. The molecule has 11 N–H and O–H groups in total. The van der Waals surface area contributed by atoms with Gasteiger partial charge in [0.05, 0.1) is 33.0 Å². The second-order valence-electron chi connectivity index (χ2n) is 16.0. The van der Waals surface area contributed by atoms with Crippen LogP contribution in [0.1, 0.15) is 83.6 Å². The summed E-state index contributed by atoms with van der Waals surface area (Å²) in [5.74, 6) is -6.41. The molecule has 0 saturated carbocycles. The van der Waals surface area contributed by atoms with Crippen molar-refractivity contribution in [2.24, 2.45) is 0 Å². The van der Waals surface area contributed by atoms with Crippen LogP contribution in [0.5, 0.6) is 5.75 Å². The molecule has 1 amide bonds. The number of nitrogens with one attached hydrogen (secondary N) is 1. The van der Waals surface area contributed by atoms with E-state index in [0.29, 0.717) is 17.0 Å². The normalized spacial score (nSPS) is 10.3. The maximum absolute atomic E-state index is 11.4. The summed E-state index contributed by atoms with van der Waals surface area (Å²) in [5.41, 5.74) is 8.49. The molecule has 1 heterocycles. The Morgan fingerprint density at radius 3 is 1.73 bits per heavy atom. The van der Waals surface area contributed by atoms with Gasteiger partial charge in [0.15, 0.2) is 5.78 Å². The first kappa shape index (κ1) is 66.3. The number of rotatable bonds is 14. The van der Waals surface area contributed by atoms with Gasteiger partial charge in [-0.1, -0.05) is 90.0 Å². The number of hydrogen-bond donors (Lipinski definition) is 10. The Bertz CT molecular complexity index is 3520. The number of aromatic carboxylic acids is 2. The van der Waals surface area contributed by atoms with E-state index in [4.69, 9.17) is 52.0 Å². The first-order chi connectivity index (χ1) is 36.8. The van der Waals surface area contributed by atoms with E-state index < -0.39 is 71.3 Å². The number of amides is 1. The number of Topliss-reactive ketones (excluding diaryl/α,β-unsaturated/α-hetero) is 2. The van der Waals surface area contributed by atoms with Crippen molar-refractivity contribution in [1.82, 2.24) is 0 Å². The third-order valence-electron chi connectivity index (χ3n) is 9.93. The van der Waals surface area contributed by atoms with Crippen LogP contribution in [0.25, 0.3) is 10.8 Å². The monoisotopic (exact) mass is 1170 g/mol. The summed E-state index contributed by atoms with van der Waals surface area (Å²) in [7, 11) is -8.94. The lowest BCUT2D eigenvalue weighted by atomic mass is 10.0. The van der Waals surface area contributed by atoms with Crippen LogP contribution in [0.2, 0.25) is 5.02 Å². The van der Waals surface area contributed by atoms with Crippen LogP contribution in [0, 0.1) is 13.8 Å². The molecule has 0 aliphatic carbocycles. The molecule has 1 aromatic heterocycles. The predicted octanol–water partition coefficient (Wildman–Crippen LogP) is 9.07. The number of hydrogen-bond acceptors (Lipinski definition) is 15. The fraction of sp³-hybridized carbons (Fsp3) is 0.132. The number of nitrogen functional groups attached to an aromatic ring is 1. The fourth-order valence-electron chi connectivity index (χ4n) is 6.06. The molecule has 7 rings (SSSR count). The third kappa shape index (κ3) is 23.5. The molecule has 0 fully saturated rings. The number of carbonyl (C=O) groups excluding carboxylic acids is 3. The van der Waals surface area contributed by atoms with Gasteiger partial charge in [-0.2, -0.15) is 16.8 Å². The molecule has 418 valence electrons. The Kier molecular flexibility index (Phi) is 26.3. The summed E-state index contributed by atoms with van der Waals surface area (Å²) >= 11 is 6.82. The summed E-state index contributed by atoms with van der Waals surface area (Å²) in [4.78, 5) is 83.9. The largest absolute Gasteiger partial charge is 0.508 e. The maximum Gasteiger partial charge on any atom is 0.378 e. The molecule has 0 atom stereocenters. The molecule has 0 aliphatic heterocycles. The molecule has 0 bridgehead atoms. The van der Waals surface area contributed by atoms with Gasteiger partial charge in [0, 0.05) is 34.7 Å². The van der Waals surface area contributed by atoms with E-state index in [2.05, 4.69) is 5.32 Å². The van der Waals surface area contributed by atoms with E-state index in [-0.39, 0.29) is 58.3 Å². The van der Waals surface area contributed by atoms with Gasteiger partial charge >= 0.3 is 29.8 Å².